The summed E-state index contributed by atoms with van der Waals surface area (Å²) in [6, 6.07) is 0.523. The topological polar surface area (TPSA) is 102 Å². The van der Waals surface area contributed by atoms with E-state index < -0.39 is 26.0 Å². The van der Waals surface area contributed by atoms with E-state index in [1.54, 1.807) is 12.2 Å². The van der Waals surface area contributed by atoms with Crippen LogP contribution in [0.15, 0.2) is 36.6 Å². The molecule has 3 N–H and O–H groups in total. The molecule has 8 heteroatoms. The fraction of sp³-hybridized carbons (Fsp3) is 0.471. The monoisotopic (exact) mass is 365 g/mol. The van der Waals surface area contributed by atoms with Crippen molar-refractivity contribution in [2.45, 2.75) is 38.1 Å². The summed E-state index contributed by atoms with van der Waals surface area (Å²) in [6.07, 6.45) is 6.37. The van der Waals surface area contributed by atoms with Gasteiger partial charge in [-0.3, -0.25) is 14.5 Å². The van der Waals surface area contributed by atoms with Gasteiger partial charge < -0.3 is 15.8 Å². The maximum absolute atomic E-state index is 12.3. The summed E-state index contributed by atoms with van der Waals surface area (Å²) >= 11 is 0. The zero-order chi connectivity index (χ0) is 19.0. The van der Waals surface area contributed by atoms with Gasteiger partial charge in [-0.05, 0) is 24.6 Å². The average Bonchev–Trinajstić information content (AvgIpc) is 2.51. The lowest BCUT2D eigenvalue weighted by atomic mass is 10.0. The maximum Gasteiger partial charge on any atom is 0.414 e. The Balaban J connectivity index is 2.72. The van der Waals surface area contributed by atoms with Gasteiger partial charge in [-0.1, -0.05) is 25.7 Å². The van der Waals surface area contributed by atoms with Crippen molar-refractivity contribution in [1.82, 2.24) is 10.2 Å². The fourth-order valence-electron chi connectivity index (χ4n) is 2.10. The summed E-state index contributed by atoms with van der Waals surface area (Å²) in [4.78, 5) is 36.5. The Morgan fingerprint density at radius 1 is 1.40 bits per heavy atom. The molecule has 0 aliphatic carbocycles. The van der Waals surface area contributed by atoms with Crippen LogP contribution in [0.1, 0.15) is 6.42 Å². The summed E-state index contributed by atoms with van der Waals surface area (Å²) in [7, 11) is -1.28. The highest BCUT2D eigenvalue weighted by atomic mass is 28.3. The van der Waals surface area contributed by atoms with Gasteiger partial charge in [0.1, 0.15) is 0 Å². The van der Waals surface area contributed by atoms with Gasteiger partial charge >= 0.3 is 6.09 Å². The minimum Gasteiger partial charge on any atom is -0.449 e. The Labute approximate surface area is 149 Å². The van der Waals surface area contributed by atoms with Gasteiger partial charge in [-0.2, -0.15) is 0 Å². The van der Waals surface area contributed by atoms with Crippen LogP contribution in [0.5, 0.6) is 0 Å². The van der Waals surface area contributed by atoms with Crippen LogP contribution in [0.25, 0.3) is 0 Å². The first-order valence-corrected chi connectivity index (χ1v) is 11.9. The van der Waals surface area contributed by atoms with E-state index in [-0.39, 0.29) is 12.6 Å². The van der Waals surface area contributed by atoms with Gasteiger partial charge in [0.15, 0.2) is 0 Å². The van der Waals surface area contributed by atoms with Crippen molar-refractivity contribution in [1.29, 1.82) is 0 Å². The van der Waals surface area contributed by atoms with Crippen LogP contribution >= 0.6 is 0 Å². The smallest absolute Gasteiger partial charge is 0.414 e. The predicted molar refractivity (Wildman–Crippen MR) is 99.4 cm³/mol. The number of carbonyl (C=O) groups is 3. The van der Waals surface area contributed by atoms with E-state index in [1.165, 1.54) is 17.2 Å². The van der Waals surface area contributed by atoms with Crippen molar-refractivity contribution in [3.05, 3.63) is 36.6 Å². The van der Waals surface area contributed by atoms with E-state index >= 15 is 0 Å². The average molecular weight is 366 g/mol. The normalized spacial score (nSPS) is 16.8. The first-order chi connectivity index (χ1) is 11.6. The van der Waals surface area contributed by atoms with Gasteiger partial charge in [0, 0.05) is 19.8 Å². The Bertz CT molecular complexity index is 593. The number of amides is 3. The van der Waals surface area contributed by atoms with Crippen molar-refractivity contribution in [3.8, 4) is 0 Å². The molecule has 0 saturated heterocycles. The zero-order valence-corrected chi connectivity index (χ0v) is 16.1. The minimum atomic E-state index is -1.28. The Morgan fingerprint density at radius 2 is 2.08 bits per heavy atom. The minimum absolute atomic E-state index is 0.238. The van der Waals surface area contributed by atoms with Crippen LogP contribution in [0.3, 0.4) is 0 Å². The zero-order valence-electron chi connectivity index (χ0n) is 15.1. The molecule has 0 saturated carbocycles. The number of ether oxygens (including phenoxy) is 1. The maximum atomic E-state index is 12.3. The molecule has 0 aromatic rings. The van der Waals surface area contributed by atoms with Crippen molar-refractivity contribution in [3.63, 3.8) is 0 Å². The van der Waals surface area contributed by atoms with Crippen molar-refractivity contribution >= 4 is 26.0 Å². The second-order valence-electron chi connectivity index (χ2n) is 7.01. The van der Waals surface area contributed by atoms with E-state index in [0.717, 1.165) is 6.04 Å². The van der Waals surface area contributed by atoms with Gasteiger partial charge in [0.2, 0.25) is 5.91 Å². The summed E-state index contributed by atoms with van der Waals surface area (Å²) in [5, 5.41) is 2.42. The van der Waals surface area contributed by atoms with E-state index in [1.807, 2.05) is 0 Å². The lowest BCUT2D eigenvalue weighted by Gasteiger charge is -2.29. The van der Waals surface area contributed by atoms with Crippen molar-refractivity contribution in [2.24, 2.45) is 5.73 Å². The molecule has 0 spiro atoms. The first kappa shape index (κ1) is 20.7. The molecule has 1 atom stereocenters. The van der Waals surface area contributed by atoms with Crippen LogP contribution in [-0.2, 0) is 14.3 Å². The fourth-order valence-corrected chi connectivity index (χ4v) is 2.82. The van der Waals surface area contributed by atoms with E-state index in [4.69, 9.17) is 10.5 Å². The number of hydrogen-bond acceptors (Lipinski definition) is 4. The summed E-state index contributed by atoms with van der Waals surface area (Å²) in [5.74, 6) is -1.04. The largest absolute Gasteiger partial charge is 0.449 e. The number of nitrogens with two attached hydrogens (primary N) is 1. The molecule has 0 radical (unpaired) electrons. The van der Waals surface area contributed by atoms with Crippen molar-refractivity contribution in [2.75, 3.05) is 13.2 Å². The van der Waals surface area contributed by atoms with Crippen LogP contribution in [0, 0.1) is 0 Å². The number of nitrogens with zero attached hydrogens (tertiary/aromatic N) is 1. The standard InChI is InChI=1S/C17H27N3O4Si/c1-5-6-14-11-13(16(22)19-12-15(18)21)7-8-20(14)17(23)24-9-10-25(2,3)4/h5,7-8,11,14H,1,6,9-10,12H2,2-4H3,(H2,18,21)(H,19,22). The third-order valence-corrected chi connectivity index (χ3v) is 5.23. The highest BCUT2D eigenvalue weighted by molar-refractivity contribution is 6.76. The second-order valence-corrected chi connectivity index (χ2v) is 12.6. The molecule has 1 heterocycles. The molecule has 7 nitrogen and oxygen atoms in total. The van der Waals surface area contributed by atoms with Gasteiger partial charge in [0.25, 0.3) is 5.91 Å². The SMILES string of the molecule is C=CCC1C=C(C(=O)NCC(N)=O)C=CN1C(=O)OCC[Si](C)(C)C. The molecule has 0 aromatic heterocycles. The number of hydrogen-bond donors (Lipinski definition) is 2. The van der Waals surface area contributed by atoms with Crippen molar-refractivity contribution < 1.29 is 19.1 Å². The molecule has 0 aromatic carbocycles. The van der Waals surface area contributed by atoms with E-state index in [2.05, 4.69) is 31.5 Å². The Kier molecular flexibility index (Phi) is 7.63. The lowest BCUT2D eigenvalue weighted by Crippen LogP contribution is -2.40. The molecule has 25 heavy (non-hydrogen) atoms. The summed E-state index contributed by atoms with van der Waals surface area (Å²) < 4.78 is 5.35. The molecule has 1 rings (SSSR count). The first-order valence-electron chi connectivity index (χ1n) is 8.16. The number of rotatable bonds is 8. The molecular formula is C17H27N3O4Si. The third-order valence-electron chi connectivity index (χ3n) is 3.53. The molecule has 1 aliphatic heterocycles. The molecule has 138 valence electrons. The third kappa shape index (κ3) is 7.38. The van der Waals surface area contributed by atoms with Crippen LogP contribution in [0.4, 0.5) is 4.79 Å². The number of nitrogens with one attached hydrogen (secondary N) is 1. The van der Waals surface area contributed by atoms with Gasteiger partial charge in [0.05, 0.1) is 19.2 Å². The lowest BCUT2D eigenvalue weighted by molar-refractivity contribution is -0.122. The quantitative estimate of drug-likeness (QED) is 0.505. The van der Waals surface area contributed by atoms with Crippen LogP contribution < -0.4 is 11.1 Å². The number of primary amides is 1. The van der Waals surface area contributed by atoms with E-state index in [0.29, 0.717) is 18.6 Å². The highest BCUT2D eigenvalue weighted by Crippen LogP contribution is 2.19. The Morgan fingerprint density at radius 3 is 2.64 bits per heavy atom. The van der Waals surface area contributed by atoms with Crippen LogP contribution in [-0.4, -0.2) is 50.1 Å². The summed E-state index contributed by atoms with van der Waals surface area (Å²) in [5.41, 5.74) is 5.37. The Hall–Kier alpha value is -2.35. The van der Waals surface area contributed by atoms with Crippen LogP contribution in [0.2, 0.25) is 25.7 Å². The molecule has 0 bridgehead atoms. The molecule has 3 amide bonds. The molecule has 0 fully saturated rings. The van der Waals surface area contributed by atoms with E-state index in [9.17, 15) is 14.4 Å². The summed E-state index contributed by atoms with van der Waals surface area (Å²) in [6.45, 7) is 10.5. The highest BCUT2D eigenvalue weighted by Gasteiger charge is 2.26. The predicted octanol–water partition coefficient (Wildman–Crippen LogP) is 1.76. The molecule has 1 aliphatic rings. The molecular weight excluding hydrogens is 338 g/mol. The van der Waals surface area contributed by atoms with Gasteiger partial charge in [-0.25, -0.2) is 4.79 Å². The molecule has 1 unspecified atom stereocenters. The second kappa shape index (κ2) is 9.21. The number of carbonyl (C=O) groups excluding carboxylic acids is 3. The van der Waals surface area contributed by atoms with Gasteiger partial charge in [-0.15, -0.1) is 6.58 Å².